The van der Waals surface area contributed by atoms with Crippen molar-refractivity contribution in [3.63, 3.8) is 0 Å². The van der Waals surface area contributed by atoms with Crippen LogP contribution in [0.4, 0.5) is 11.8 Å². The molecule has 0 unspecified atom stereocenters. The van der Waals surface area contributed by atoms with E-state index >= 15 is 0 Å². The first-order valence-electron chi connectivity index (χ1n) is 7.61. The number of nitrogens with one attached hydrogen (secondary N) is 2. The standard InChI is InChI=1S/C17H24N4.CH4/c1-4-6-7-11-19-17-20-15-9-8-13(3)12-14(15)16(21-17)18-10-5-2;/h5,8-9,12H,2,4,6-7,10-11H2,1,3H3,(H2,18,19,20,21);1H4. The van der Waals surface area contributed by atoms with Gasteiger partial charge in [0.1, 0.15) is 5.82 Å². The molecule has 120 valence electrons. The highest BCUT2D eigenvalue weighted by molar-refractivity contribution is 5.90. The number of aryl methyl sites for hydroxylation is 1. The second kappa shape index (κ2) is 9.03. The fraction of sp³-hybridized carbons (Fsp3) is 0.444. The normalized spacial score (nSPS) is 10.1. The molecule has 1 heterocycles. The van der Waals surface area contributed by atoms with Gasteiger partial charge in [-0.1, -0.05) is 44.9 Å². The molecule has 2 aromatic rings. The summed E-state index contributed by atoms with van der Waals surface area (Å²) in [6.07, 6.45) is 5.41. The van der Waals surface area contributed by atoms with E-state index in [9.17, 15) is 0 Å². The zero-order valence-electron chi connectivity index (χ0n) is 12.9. The Morgan fingerprint density at radius 3 is 2.73 bits per heavy atom. The molecule has 0 bridgehead atoms. The van der Waals surface area contributed by atoms with Crippen molar-refractivity contribution in [1.29, 1.82) is 0 Å². The lowest BCUT2D eigenvalue weighted by atomic mass is 10.1. The lowest BCUT2D eigenvalue weighted by molar-refractivity contribution is 0.741. The van der Waals surface area contributed by atoms with Crippen LogP contribution in [-0.4, -0.2) is 23.1 Å². The van der Waals surface area contributed by atoms with Gasteiger partial charge < -0.3 is 10.6 Å². The molecule has 0 saturated heterocycles. The third-order valence-corrected chi connectivity index (χ3v) is 3.33. The fourth-order valence-electron chi connectivity index (χ4n) is 2.20. The minimum atomic E-state index is 0. The van der Waals surface area contributed by atoms with Gasteiger partial charge >= 0.3 is 0 Å². The second-order valence-corrected chi connectivity index (χ2v) is 5.22. The van der Waals surface area contributed by atoms with Crippen molar-refractivity contribution in [3.05, 3.63) is 36.4 Å². The van der Waals surface area contributed by atoms with Crippen LogP contribution < -0.4 is 10.6 Å². The molecular weight excluding hydrogens is 272 g/mol. The number of fused-ring (bicyclic) bond motifs is 1. The summed E-state index contributed by atoms with van der Waals surface area (Å²) >= 11 is 0. The summed E-state index contributed by atoms with van der Waals surface area (Å²) in [4.78, 5) is 9.19. The van der Waals surface area contributed by atoms with Gasteiger partial charge in [0.05, 0.1) is 5.52 Å². The minimum Gasteiger partial charge on any atom is -0.366 e. The van der Waals surface area contributed by atoms with Crippen LogP contribution in [0.2, 0.25) is 0 Å². The monoisotopic (exact) mass is 300 g/mol. The van der Waals surface area contributed by atoms with E-state index in [4.69, 9.17) is 0 Å². The summed E-state index contributed by atoms with van der Waals surface area (Å²) in [5.74, 6) is 1.55. The zero-order valence-corrected chi connectivity index (χ0v) is 12.9. The molecule has 22 heavy (non-hydrogen) atoms. The first kappa shape index (κ1) is 18.0. The number of rotatable bonds is 8. The number of anilines is 2. The number of hydrogen-bond acceptors (Lipinski definition) is 4. The molecule has 4 nitrogen and oxygen atoms in total. The highest BCUT2D eigenvalue weighted by atomic mass is 15.1. The van der Waals surface area contributed by atoms with Crippen molar-refractivity contribution < 1.29 is 0 Å². The van der Waals surface area contributed by atoms with Crippen LogP contribution in [0, 0.1) is 6.92 Å². The SMILES string of the molecule is C.C=CCNc1nc(NCCCCC)nc2ccc(C)cc12. The van der Waals surface area contributed by atoms with Crippen LogP contribution in [0.15, 0.2) is 30.9 Å². The van der Waals surface area contributed by atoms with Crippen molar-refractivity contribution in [1.82, 2.24) is 9.97 Å². The third-order valence-electron chi connectivity index (χ3n) is 3.33. The Morgan fingerprint density at radius 2 is 2.00 bits per heavy atom. The van der Waals surface area contributed by atoms with Gasteiger partial charge in [-0.2, -0.15) is 4.98 Å². The van der Waals surface area contributed by atoms with E-state index in [1.807, 2.05) is 12.1 Å². The Bertz CT molecular complexity index is 607. The quantitative estimate of drug-likeness (QED) is 0.544. The predicted molar refractivity (Wildman–Crippen MR) is 97.7 cm³/mol. The fourth-order valence-corrected chi connectivity index (χ4v) is 2.20. The molecule has 0 saturated carbocycles. The molecule has 1 aromatic heterocycles. The number of nitrogens with zero attached hydrogens (tertiary/aromatic N) is 2. The topological polar surface area (TPSA) is 49.8 Å². The molecule has 0 radical (unpaired) electrons. The number of aromatic nitrogens is 2. The van der Waals surface area contributed by atoms with E-state index in [-0.39, 0.29) is 7.43 Å². The Labute approximate surface area is 134 Å². The summed E-state index contributed by atoms with van der Waals surface area (Å²) in [6.45, 7) is 9.62. The van der Waals surface area contributed by atoms with Crippen molar-refractivity contribution in [2.45, 2.75) is 40.5 Å². The van der Waals surface area contributed by atoms with E-state index < -0.39 is 0 Å². The Kier molecular flexibility index (Phi) is 7.37. The van der Waals surface area contributed by atoms with Crippen LogP contribution in [0.1, 0.15) is 39.2 Å². The first-order chi connectivity index (χ1) is 10.2. The molecule has 0 aliphatic rings. The van der Waals surface area contributed by atoms with Crippen LogP contribution in [0.5, 0.6) is 0 Å². The highest BCUT2D eigenvalue weighted by Gasteiger charge is 2.07. The molecule has 0 aliphatic heterocycles. The number of benzene rings is 1. The molecular formula is C18H28N4. The summed E-state index contributed by atoms with van der Waals surface area (Å²) < 4.78 is 0. The molecule has 2 N–H and O–H groups in total. The van der Waals surface area contributed by atoms with Crippen molar-refractivity contribution in [2.75, 3.05) is 23.7 Å². The Balaban J connectivity index is 0.00000242. The van der Waals surface area contributed by atoms with Gasteiger partial charge in [0.15, 0.2) is 0 Å². The van der Waals surface area contributed by atoms with E-state index in [2.05, 4.69) is 53.2 Å². The minimum absolute atomic E-state index is 0. The van der Waals surface area contributed by atoms with Crippen LogP contribution in [0.25, 0.3) is 10.9 Å². The lowest BCUT2D eigenvalue weighted by Crippen LogP contribution is -2.09. The maximum Gasteiger partial charge on any atom is 0.225 e. The van der Waals surface area contributed by atoms with E-state index in [1.54, 1.807) is 0 Å². The molecule has 1 aromatic carbocycles. The van der Waals surface area contributed by atoms with Crippen molar-refractivity contribution >= 4 is 22.7 Å². The maximum absolute atomic E-state index is 4.60. The summed E-state index contributed by atoms with van der Waals surface area (Å²) in [5, 5.41) is 7.66. The van der Waals surface area contributed by atoms with Gasteiger partial charge in [0, 0.05) is 18.5 Å². The number of hydrogen-bond donors (Lipinski definition) is 2. The van der Waals surface area contributed by atoms with Crippen LogP contribution in [0.3, 0.4) is 0 Å². The van der Waals surface area contributed by atoms with Crippen molar-refractivity contribution in [2.24, 2.45) is 0 Å². The average molecular weight is 300 g/mol. The first-order valence-corrected chi connectivity index (χ1v) is 7.61. The van der Waals surface area contributed by atoms with Gasteiger partial charge in [-0.3, -0.25) is 0 Å². The number of unbranched alkanes of at least 4 members (excludes halogenated alkanes) is 2. The molecule has 4 heteroatoms. The van der Waals surface area contributed by atoms with E-state index in [0.29, 0.717) is 12.5 Å². The predicted octanol–water partition coefficient (Wildman–Crippen LogP) is 4.77. The average Bonchev–Trinajstić information content (AvgIpc) is 2.49. The van der Waals surface area contributed by atoms with Crippen molar-refractivity contribution in [3.8, 4) is 0 Å². The van der Waals surface area contributed by atoms with E-state index in [1.165, 1.54) is 18.4 Å². The molecule has 0 spiro atoms. The Hall–Kier alpha value is -2.10. The van der Waals surface area contributed by atoms with Crippen LogP contribution in [-0.2, 0) is 0 Å². The smallest absolute Gasteiger partial charge is 0.225 e. The zero-order chi connectivity index (χ0) is 15.1. The molecule has 0 fully saturated rings. The molecule has 0 amide bonds. The highest BCUT2D eigenvalue weighted by Crippen LogP contribution is 2.23. The molecule has 2 rings (SSSR count). The van der Waals surface area contributed by atoms with Gasteiger partial charge in [-0.05, 0) is 25.5 Å². The molecule has 0 atom stereocenters. The van der Waals surface area contributed by atoms with Gasteiger partial charge in [0.2, 0.25) is 5.95 Å². The van der Waals surface area contributed by atoms with Gasteiger partial charge in [-0.15, -0.1) is 6.58 Å². The van der Waals surface area contributed by atoms with E-state index in [0.717, 1.165) is 29.7 Å². The van der Waals surface area contributed by atoms with Gasteiger partial charge in [-0.25, -0.2) is 4.98 Å². The summed E-state index contributed by atoms with van der Waals surface area (Å²) in [6, 6.07) is 6.23. The third kappa shape index (κ3) is 4.72. The largest absolute Gasteiger partial charge is 0.366 e. The van der Waals surface area contributed by atoms with Crippen LogP contribution >= 0.6 is 0 Å². The summed E-state index contributed by atoms with van der Waals surface area (Å²) in [5.41, 5.74) is 2.16. The van der Waals surface area contributed by atoms with Gasteiger partial charge in [0.25, 0.3) is 0 Å². The maximum atomic E-state index is 4.60. The lowest BCUT2D eigenvalue weighted by Gasteiger charge is -2.11. The second-order valence-electron chi connectivity index (χ2n) is 5.22. The Morgan fingerprint density at radius 1 is 1.18 bits per heavy atom. The molecule has 0 aliphatic carbocycles. The summed E-state index contributed by atoms with van der Waals surface area (Å²) in [7, 11) is 0.